The third kappa shape index (κ3) is 4.42. The van der Waals surface area contributed by atoms with Crippen LogP contribution in [0.4, 0.5) is 11.6 Å². The zero-order valence-electron chi connectivity index (χ0n) is 19.3. The maximum Gasteiger partial charge on any atom is 0.256 e. The van der Waals surface area contributed by atoms with Gasteiger partial charge in [0, 0.05) is 57.4 Å². The Kier molecular flexibility index (Phi) is 5.74. The first-order chi connectivity index (χ1) is 17.1. The number of aromatic amines is 1. The number of pyridine rings is 1. The second-order valence-corrected chi connectivity index (χ2v) is 9.75. The molecule has 1 aliphatic carbocycles. The van der Waals surface area contributed by atoms with Crippen molar-refractivity contribution in [1.82, 2.24) is 19.5 Å². The average molecular weight is 484 g/mol. The van der Waals surface area contributed by atoms with Gasteiger partial charge in [0.15, 0.2) is 0 Å². The molecule has 3 aromatic heterocycles. The predicted molar refractivity (Wildman–Crippen MR) is 142 cm³/mol. The van der Waals surface area contributed by atoms with Gasteiger partial charge in [-0.05, 0) is 60.9 Å². The monoisotopic (exact) mass is 483 g/mol. The summed E-state index contributed by atoms with van der Waals surface area (Å²) in [6.07, 6.45) is 9.77. The van der Waals surface area contributed by atoms with Gasteiger partial charge < -0.3 is 10.3 Å². The zero-order valence-corrected chi connectivity index (χ0v) is 20.1. The van der Waals surface area contributed by atoms with Crippen molar-refractivity contribution in [1.29, 1.82) is 0 Å². The number of hydrogen-bond acceptors (Lipinski definition) is 4. The van der Waals surface area contributed by atoms with E-state index in [0.29, 0.717) is 23.0 Å². The van der Waals surface area contributed by atoms with Gasteiger partial charge in [-0.3, -0.25) is 9.36 Å². The molecule has 0 bridgehead atoms. The van der Waals surface area contributed by atoms with Gasteiger partial charge in [0.1, 0.15) is 5.65 Å². The molecule has 0 saturated heterocycles. The lowest BCUT2D eigenvalue weighted by Crippen LogP contribution is -2.30. The summed E-state index contributed by atoms with van der Waals surface area (Å²) in [5.74, 6) is 0.488. The number of nitrogens with zero attached hydrogens (tertiary/aromatic N) is 3. The third-order valence-corrected chi connectivity index (χ3v) is 7.16. The van der Waals surface area contributed by atoms with Crippen LogP contribution in [0.1, 0.15) is 49.3 Å². The van der Waals surface area contributed by atoms with Crippen molar-refractivity contribution in [2.24, 2.45) is 0 Å². The Labute approximate surface area is 208 Å². The highest BCUT2D eigenvalue weighted by Crippen LogP contribution is 2.30. The number of rotatable bonds is 5. The predicted octanol–water partition coefficient (Wildman–Crippen LogP) is 6.77. The fourth-order valence-corrected chi connectivity index (χ4v) is 5.25. The summed E-state index contributed by atoms with van der Waals surface area (Å²) in [6.45, 7) is 0. The smallest absolute Gasteiger partial charge is 0.256 e. The minimum absolute atomic E-state index is 0.0396. The quantitative estimate of drug-likeness (QED) is 0.289. The standard InChI is InChI=1S/C28H26ClN5O/c29-22-8-6-18(7-9-22)14-20-15-21-17-31-28(32-23-10-11-25-19(16-23)12-13-30-25)33-26(21)34(27(20)35)24-4-2-1-3-5-24/h6-13,15-17,24,30H,1-5,14H2,(H,31,32,33). The summed E-state index contributed by atoms with van der Waals surface area (Å²) in [5.41, 5.74) is 4.53. The topological polar surface area (TPSA) is 75.6 Å². The second-order valence-electron chi connectivity index (χ2n) is 9.32. The van der Waals surface area contributed by atoms with Crippen LogP contribution in [-0.2, 0) is 6.42 Å². The lowest BCUT2D eigenvalue weighted by Gasteiger charge is -2.26. The van der Waals surface area contributed by atoms with Crippen LogP contribution in [-0.4, -0.2) is 19.5 Å². The minimum Gasteiger partial charge on any atom is -0.361 e. The van der Waals surface area contributed by atoms with Crippen molar-refractivity contribution in [2.45, 2.75) is 44.6 Å². The third-order valence-electron chi connectivity index (χ3n) is 6.90. The molecule has 0 amide bonds. The van der Waals surface area contributed by atoms with Crippen LogP contribution < -0.4 is 10.9 Å². The molecular formula is C28H26ClN5O. The Bertz CT molecular complexity index is 1560. The fourth-order valence-electron chi connectivity index (χ4n) is 5.12. The van der Waals surface area contributed by atoms with Crippen molar-refractivity contribution >= 4 is 45.2 Å². The van der Waals surface area contributed by atoms with E-state index in [0.717, 1.165) is 58.8 Å². The number of fused-ring (bicyclic) bond motifs is 2. The van der Waals surface area contributed by atoms with Crippen molar-refractivity contribution in [3.8, 4) is 0 Å². The number of hydrogen-bond donors (Lipinski definition) is 2. The molecule has 7 heteroatoms. The Morgan fingerprint density at radius 2 is 1.83 bits per heavy atom. The molecule has 0 atom stereocenters. The first-order valence-electron chi connectivity index (χ1n) is 12.1. The highest BCUT2D eigenvalue weighted by Gasteiger charge is 2.22. The molecule has 5 aromatic rings. The Morgan fingerprint density at radius 1 is 1.00 bits per heavy atom. The molecule has 0 radical (unpaired) electrons. The molecule has 1 aliphatic rings. The van der Waals surface area contributed by atoms with Crippen LogP contribution in [0.2, 0.25) is 5.02 Å². The molecule has 6 rings (SSSR count). The molecule has 6 nitrogen and oxygen atoms in total. The van der Waals surface area contributed by atoms with Gasteiger partial charge in [0.2, 0.25) is 5.95 Å². The van der Waals surface area contributed by atoms with E-state index in [1.807, 2.05) is 65.5 Å². The molecule has 2 N–H and O–H groups in total. The fraction of sp³-hybridized carbons (Fsp3) is 0.250. The van der Waals surface area contributed by atoms with Gasteiger partial charge in [-0.2, -0.15) is 4.98 Å². The van der Waals surface area contributed by atoms with Crippen molar-refractivity contribution < 1.29 is 0 Å². The van der Waals surface area contributed by atoms with Crippen LogP contribution in [0.15, 0.2) is 71.8 Å². The summed E-state index contributed by atoms with van der Waals surface area (Å²) in [6, 6.07) is 17.9. The first kappa shape index (κ1) is 21.9. The summed E-state index contributed by atoms with van der Waals surface area (Å²) in [5, 5.41) is 6.01. The van der Waals surface area contributed by atoms with Gasteiger partial charge in [0.05, 0.1) is 0 Å². The lowest BCUT2D eigenvalue weighted by atomic mass is 9.94. The van der Waals surface area contributed by atoms with Crippen LogP contribution in [0, 0.1) is 0 Å². The zero-order chi connectivity index (χ0) is 23.8. The minimum atomic E-state index is 0.0396. The summed E-state index contributed by atoms with van der Waals surface area (Å²) in [7, 11) is 0. The molecule has 0 spiro atoms. The molecule has 1 fully saturated rings. The van der Waals surface area contributed by atoms with E-state index in [1.165, 1.54) is 6.42 Å². The first-order valence-corrected chi connectivity index (χ1v) is 12.5. The van der Waals surface area contributed by atoms with Gasteiger partial charge >= 0.3 is 0 Å². The Hall–Kier alpha value is -3.64. The molecule has 0 unspecified atom stereocenters. The molecule has 1 saturated carbocycles. The van der Waals surface area contributed by atoms with Gasteiger partial charge in [-0.15, -0.1) is 0 Å². The van der Waals surface area contributed by atoms with Crippen LogP contribution in [0.5, 0.6) is 0 Å². The SMILES string of the molecule is O=c1c(Cc2ccc(Cl)cc2)cc2cnc(Nc3ccc4[nH]ccc4c3)nc2n1C1CCCCC1. The van der Waals surface area contributed by atoms with E-state index in [2.05, 4.69) is 21.4 Å². The number of anilines is 2. The van der Waals surface area contributed by atoms with Gasteiger partial charge in [-0.25, -0.2) is 4.98 Å². The normalized spacial score (nSPS) is 14.5. The highest BCUT2D eigenvalue weighted by atomic mass is 35.5. The summed E-state index contributed by atoms with van der Waals surface area (Å²) < 4.78 is 1.93. The molecule has 0 aliphatic heterocycles. The number of nitrogens with one attached hydrogen (secondary N) is 2. The van der Waals surface area contributed by atoms with Gasteiger partial charge in [0.25, 0.3) is 5.56 Å². The second kappa shape index (κ2) is 9.19. The van der Waals surface area contributed by atoms with Crippen molar-refractivity contribution in [3.05, 3.63) is 93.5 Å². The molecule has 2 aromatic carbocycles. The van der Waals surface area contributed by atoms with E-state index >= 15 is 0 Å². The molecule has 35 heavy (non-hydrogen) atoms. The van der Waals surface area contributed by atoms with Gasteiger partial charge in [-0.1, -0.05) is 43.0 Å². The number of H-pyrrole nitrogens is 1. The van der Waals surface area contributed by atoms with Crippen LogP contribution >= 0.6 is 11.6 Å². The largest absolute Gasteiger partial charge is 0.361 e. The van der Waals surface area contributed by atoms with Crippen molar-refractivity contribution in [3.63, 3.8) is 0 Å². The van der Waals surface area contributed by atoms with Crippen LogP contribution in [0.25, 0.3) is 21.9 Å². The molecule has 3 heterocycles. The van der Waals surface area contributed by atoms with E-state index < -0.39 is 0 Å². The summed E-state index contributed by atoms with van der Waals surface area (Å²) >= 11 is 6.06. The van der Waals surface area contributed by atoms with Crippen molar-refractivity contribution in [2.75, 3.05) is 5.32 Å². The maximum absolute atomic E-state index is 13.8. The lowest BCUT2D eigenvalue weighted by molar-refractivity contribution is 0.352. The molecular weight excluding hydrogens is 458 g/mol. The highest BCUT2D eigenvalue weighted by molar-refractivity contribution is 6.30. The molecule has 176 valence electrons. The number of halogens is 1. The van der Waals surface area contributed by atoms with Crippen LogP contribution in [0.3, 0.4) is 0 Å². The van der Waals surface area contributed by atoms with E-state index in [9.17, 15) is 4.79 Å². The number of aromatic nitrogens is 4. The summed E-state index contributed by atoms with van der Waals surface area (Å²) in [4.78, 5) is 26.4. The van der Waals surface area contributed by atoms with E-state index in [-0.39, 0.29) is 11.6 Å². The Balaban J connectivity index is 1.42. The number of benzene rings is 2. The maximum atomic E-state index is 13.8. The Morgan fingerprint density at radius 3 is 2.66 bits per heavy atom. The average Bonchev–Trinajstić information content (AvgIpc) is 3.35. The van der Waals surface area contributed by atoms with E-state index in [1.54, 1.807) is 0 Å². The van der Waals surface area contributed by atoms with E-state index in [4.69, 9.17) is 16.6 Å².